The molecule has 1 saturated carbocycles. The van der Waals surface area contributed by atoms with E-state index in [2.05, 4.69) is 5.32 Å². The molecule has 2 aliphatic rings. The number of carboxylic acid groups (broad SMARTS) is 1. The molecule has 1 aliphatic carbocycles. The Morgan fingerprint density at radius 3 is 2.56 bits per heavy atom. The lowest BCUT2D eigenvalue weighted by Gasteiger charge is -2.22. The number of likely N-dealkylation sites (tertiary alicyclic amines) is 1. The van der Waals surface area contributed by atoms with Crippen LogP contribution in [0.15, 0.2) is 0 Å². The van der Waals surface area contributed by atoms with Crippen LogP contribution in [0.5, 0.6) is 0 Å². The van der Waals surface area contributed by atoms with Crippen LogP contribution in [0.3, 0.4) is 0 Å². The molecule has 0 radical (unpaired) electrons. The fourth-order valence-corrected chi connectivity index (χ4v) is 2.44. The first-order valence-electron chi connectivity index (χ1n) is 6.48. The van der Waals surface area contributed by atoms with Gasteiger partial charge in [-0.2, -0.15) is 0 Å². The predicted molar refractivity (Wildman–Crippen MR) is 64.1 cm³/mol. The number of hydrogen-bond acceptors (Lipinski definition) is 3. The first-order chi connectivity index (χ1) is 8.60. The van der Waals surface area contributed by atoms with Gasteiger partial charge in [-0.3, -0.25) is 4.79 Å². The molecule has 2 unspecified atom stereocenters. The standard InChI is InChI=1S/C12H20N2O4/c15-7-8-3-4-14(6-8)12(18)13-10(5-11(16)17)9-1-2-9/h8-10,15H,1-7H2,(H,13,18)(H,16,17). The second kappa shape index (κ2) is 5.56. The molecule has 0 aromatic rings. The largest absolute Gasteiger partial charge is 0.481 e. The Kier molecular flexibility index (Phi) is 4.06. The third-order valence-electron chi connectivity index (χ3n) is 3.73. The molecule has 0 aromatic carbocycles. The molecule has 0 aromatic heterocycles. The van der Waals surface area contributed by atoms with Gasteiger partial charge in [-0.1, -0.05) is 0 Å². The minimum Gasteiger partial charge on any atom is -0.481 e. The van der Waals surface area contributed by atoms with Crippen molar-refractivity contribution in [2.45, 2.75) is 31.7 Å². The highest BCUT2D eigenvalue weighted by atomic mass is 16.4. The number of carbonyl (C=O) groups excluding carboxylic acids is 1. The number of hydrogen-bond donors (Lipinski definition) is 3. The number of aliphatic carboxylic acids is 1. The van der Waals surface area contributed by atoms with E-state index in [0.717, 1.165) is 19.3 Å². The molecule has 2 rings (SSSR count). The van der Waals surface area contributed by atoms with Crippen LogP contribution in [0, 0.1) is 11.8 Å². The predicted octanol–water partition coefficient (Wildman–Crippen LogP) is 0.263. The third-order valence-corrected chi connectivity index (χ3v) is 3.73. The van der Waals surface area contributed by atoms with E-state index in [-0.39, 0.29) is 31.0 Å². The van der Waals surface area contributed by atoms with Gasteiger partial charge < -0.3 is 20.4 Å². The van der Waals surface area contributed by atoms with E-state index in [1.165, 1.54) is 0 Å². The Balaban J connectivity index is 1.83. The van der Waals surface area contributed by atoms with Gasteiger partial charge in [0.25, 0.3) is 0 Å². The number of rotatable bonds is 5. The first kappa shape index (κ1) is 13.1. The average Bonchev–Trinajstić information content (AvgIpc) is 3.05. The van der Waals surface area contributed by atoms with Gasteiger partial charge in [0.15, 0.2) is 0 Å². The molecular formula is C12H20N2O4. The van der Waals surface area contributed by atoms with Crippen molar-refractivity contribution in [1.82, 2.24) is 10.2 Å². The Morgan fingerprint density at radius 2 is 2.06 bits per heavy atom. The monoisotopic (exact) mass is 256 g/mol. The summed E-state index contributed by atoms with van der Waals surface area (Å²) >= 11 is 0. The highest BCUT2D eigenvalue weighted by Crippen LogP contribution is 2.34. The summed E-state index contributed by atoms with van der Waals surface area (Å²) in [5.41, 5.74) is 0. The number of nitrogens with one attached hydrogen (secondary N) is 1. The number of nitrogens with zero attached hydrogens (tertiary/aromatic N) is 1. The van der Waals surface area contributed by atoms with E-state index in [0.29, 0.717) is 19.0 Å². The Labute approximate surface area is 106 Å². The van der Waals surface area contributed by atoms with E-state index >= 15 is 0 Å². The van der Waals surface area contributed by atoms with Gasteiger partial charge in [0.05, 0.1) is 6.42 Å². The van der Waals surface area contributed by atoms with Crippen LogP contribution in [0.25, 0.3) is 0 Å². The van der Waals surface area contributed by atoms with Crippen molar-refractivity contribution in [3.8, 4) is 0 Å². The maximum Gasteiger partial charge on any atom is 0.317 e. The Bertz CT molecular complexity index is 330. The fraction of sp³-hybridized carbons (Fsp3) is 0.833. The van der Waals surface area contributed by atoms with E-state index < -0.39 is 5.97 Å². The summed E-state index contributed by atoms with van der Waals surface area (Å²) in [6.45, 7) is 1.30. The van der Waals surface area contributed by atoms with Gasteiger partial charge in [0, 0.05) is 31.7 Å². The molecule has 2 fully saturated rings. The van der Waals surface area contributed by atoms with Gasteiger partial charge in [-0.15, -0.1) is 0 Å². The molecular weight excluding hydrogens is 236 g/mol. The summed E-state index contributed by atoms with van der Waals surface area (Å²) in [6.07, 6.45) is 2.81. The first-order valence-corrected chi connectivity index (χ1v) is 6.48. The molecule has 18 heavy (non-hydrogen) atoms. The summed E-state index contributed by atoms with van der Waals surface area (Å²) in [5.74, 6) is -0.391. The van der Waals surface area contributed by atoms with Crippen molar-refractivity contribution in [2.75, 3.05) is 19.7 Å². The van der Waals surface area contributed by atoms with Crippen molar-refractivity contribution in [2.24, 2.45) is 11.8 Å². The van der Waals surface area contributed by atoms with Gasteiger partial charge in [0.2, 0.25) is 0 Å². The molecule has 3 N–H and O–H groups in total. The van der Waals surface area contributed by atoms with Crippen LogP contribution < -0.4 is 5.32 Å². The minimum absolute atomic E-state index is 0.00627. The molecule has 1 aliphatic heterocycles. The van der Waals surface area contributed by atoms with Crippen molar-refractivity contribution >= 4 is 12.0 Å². The van der Waals surface area contributed by atoms with Crippen LogP contribution in [-0.4, -0.2) is 52.9 Å². The van der Waals surface area contributed by atoms with E-state index in [1.54, 1.807) is 4.90 Å². The average molecular weight is 256 g/mol. The van der Waals surface area contributed by atoms with E-state index in [1.807, 2.05) is 0 Å². The maximum atomic E-state index is 12.0. The third kappa shape index (κ3) is 3.35. The molecule has 6 heteroatoms. The van der Waals surface area contributed by atoms with E-state index in [4.69, 9.17) is 10.2 Å². The molecule has 0 spiro atoms. The quantitative estimate of drug-likeness (QED) is 0.658. The smallest absolute Gasteiger partial charge is 0.317 e. The highest BCUT2D eigenvalue weighted by molar-refractivity contribution is 5.76. The van der Waals surface area contributed by atoms with E-state index in [9.17, 15) is 9.59 Å². The number of aliphatic hydroxyl groups is 1. The zero-order valence-corrected chi connectivity index (χ0v) is 10.3. The minimum atomic E-state index is -0.873. The maximum absolute atomic E-state index is 12.0. The van der Waals surface area contributed by atoms with Crippen LogP contribution >= 0.6 is 0 Å². The van der Waals surface area contributed by atoms with Crippen molar-refractivity contribution < 1.29 is 19.8 Å². The lowest BCUT2D eigenvalue weighted by Crippen LogP contribution is -2.45. The van der Waals surface area contributed by atoms with Crippen LogP contribution in [0.1, 0.15) is 25.7 Å². The van der Waals surface area contributed by atoms with Gasteiger partial charge in [-0.05, 0) is 25.2 Å². The second-order valence-electron chi connectivity index (χ2n) is 5.27. The Morgan fingerprint density at radius 1 is 1.33 bits per heavy atom. The number of urea groups is 1. The molecule has 2 amide bonds. The van der Waals surface area contributed by atoms with Crippen molar-refractivity contribution in [1.29, 1.82) is 0 Å². The SMILES string of the molecule is O=C(O)CC(NC(=O)N1CCC(CO)C1)C1CC1. The molecule has 102 valence electrons. The summed E-state index contributed by atoms with van der Waals surface area (Å²) < 4.78 is 0. The molecule has 2 atom stereocenters. The lowest BCUT2D eigenvalue weighted by molar-refractivity contribution is -0.137. The zero-order chi connectivity index (χ0) is 13.1. The number of aliphatic hydroxyl groups excluding tert-OH is 1. The summed E-state index contributed by atoms with van der Waals surface area (Å²) in [7, 11) is 0. The summed E-state index contributed by atoms with van der Waals surface area (Å²) in [5, 5.41) is 20.7. The Hall–Kier alpha value is -1.30. The highest BCUT2D eigenvalue weighted by Gasteiger charge is 2.35. The number of carbonyl (C=O) groups is 2. The van der Waals surface area contributed by atoms with Crippen molar-refractivity contribution in [3.63, 3.8) is 0 Å². The topological polar surface area (TPSA) is 89.9 Å². The normalized spacial score (nSPS) is 24.9. The zero-order valence-electron chi connectivity index (χ0n) is 10.3. The fourth-order valence-electron chi connectivity index (χ4n) is 2.44. The lowest BCUT2D eigenvalue weighted by atomic mass is 10.1. The van der Waals surface area contributed by atoms with Crippen molar-refractivity contribution in [3.05, 3.63) is 0 Å². The summed E-state index contributed by atoms with van der Waals surface area (Å²) in [4.78, 5) is 24.4. The van der Waals surface area contributed by atoms with Gasteiger partial charge in [-0.25, -0.2) is 4.79 Å². The van der Waals surface area contributed by atoms with Crippen LogP contribution in [0.2, 0.25) is 0 Å². The molecule has 6 nitrogen and oxygen atoms in total. The van der Waals surface area contributed by atoms with Crippen LogP contribution in [-0.2, 0) is 4.79 Å². The number of amides is 2. The van der Waals surface area contributed by atoms with Crippen LogP contribution in [0.4, 0.5) is 4.79 Å². The van der Waals surface area contributed by atoms with Gasteiger partial charge in [0.1, 0.15) is 0 Å². The molecule has 0 bridgehead atoms. The molecule has 1 heterocycles. The second-order valence-corrected chi connectivity index (χ2v) is 5.27. The van der Waals surface area contributed by atoms with Gasteiger partial charge >= 0.3 is 12.0 Å². The summed E-state index contributed by atoms with van der Waals surface area (Å²) in [6, 6.07) is -0.438. The molecule has 1 saturated heterocycles. The number of carboxylic acids is 1.